The van der Waals surface area contributed by atoms with Crippen LogP contribution in [0.2, 0.25) is 0 Å². The van der Waals surface area contributed by atoms with Gasteiger partial charge in [0.2, 0.25) is 65.0 Å². The molecule has 2 aromatic heterocycles. The lowest BCUT2D eigenvalue weighted by molar-refractivity contribution is -0.142. The number of anilines is 3. The van der Waals surface area contributed by atoms with E-state index in [2.05, 4.69) is 111 Å². The zero-order valence-corrected chi connectivity index (χ0v) is 82.0. The molecule has 16 atom stereocenters. The SMILES string of the molecule is C=C=C(N=C(N)N)/N=C\C(=N)CNc1ccc(C(=O)N[C@@H](CCC(=O)NNC(=O)OCCSSC[C@@H](NC(=O)[C@H](CCC(=O)NC[C@H](O)C[C@H](O)[C@H](O)CO)NC(=O)[C@@H](CCC(=O)O)NC(=O)[C@H](CCC(=O)NC[C@H](O)C[C@H](O)[C@H](O)CO)NC(=O)[C@@H](CCC(=O)O)NC(=O)[C@H](CCC(=O)NCCC[C@H](O)[C@H](O)CO)NC(=O)CC[C@@H](NC(=O)c2ccc(NCc3cnc4nc(N)[nH]c(=O)c4n3)cc2)C(=O)O)C(=O)O)C(=O)O)cc1. The first kappa shape index (κ1) is 127. The van der Waals surface area contributed by atoms with Crippen LogP contribution in [0.5, 0.6) is 0 Å². The van der Waals surface area contributed by atoms with E-state index in [1.165, 1.54) is 54.7 Å². The summed E-state index contributed by atoms with van der Waals surface area (Å²) < 4.78 is 5.02. The number of amides is 13. The standard InChI is InChI=1S/C87H125N25O36S2/c1-2-64(108-85(89)90)95-33-44(88)32-93-45-9-5-42(6-10-45)75(134)106-56(83(143)144)17-24-69(128)111-112-87(147)148-28-29-149-150-41-57(84(145)146)107-80(139)52(15-22-67(126)97-37-49(117)31-60(120)63(123)40-115)102-79(138)54(19-26-71(131)132)104-77(136)51(14-21-66(125)96-36-48(116)30-59(119)62(122)39-114)101-78(137)53(18-25-70(129)130)103-76(135)50(13-20-65(124)92-27-3-4-58(118)61(121)38-113)100-68(127)23-16-55(82(141)142)105-74(133)43-7-11-46(12-8-43)94-34-47-35-98-73-72(99-47)81(140)110-86(91)109-73/h5-12,33,35,48-63,88,93-94,113-123H,1,3-4,13-32,34,36-41H2,(H,92,124)(H,96,125)(H,97,126)(H,100,127)(H,101,137)(H,102,138)(H,103,135)(H,104,136)(H,105,133)(H,106,134)(H,107,139)(H,111,128)(H,112,147)(H,129,130)(H,131,132)(H,141,142)(H,143,144)(H,145,146)(H4,89,90,108)(H3,91,98,109,110,140)/b88-44?,95-33-/t48-,49-,50+,51+,52+,53-,54-,55-,56+,57-,58+,59+,60+,61-,62-,63-/m1/s1. The number of aliphatic imine (C=N–C) groups is 2. The Balaban J connectivity index is 1.59. The fraction of sp³-hybridized carbons (Fsp3) is 0.517. The summed E-state index contributed by atoms with van der Waals surface area (Å²) in [6, 6.07) is -4.99. The van der Waals surface area contributed by atoms with Gasteiger partial charge in [-0.2, -0.15) is 9.98 Å². The second-order valence-corrected chi connectivity index (χ2v) is 35.6. The summed E-state index contributed by atoms with van der Waals surface area (Å²) in [4.78, 5) is 276. The van der Waals surface area contributed by atoms with Crippen LogP contribution in [-0.4, -0.2) is 388 Å². The minimum atomic E-state index is -2.22. The lowest BCUT2D eigenvalue weighted by atomic mass is 10.0. The maximum atomic E-state index is 14.9. The van der Waals surface area contributed by atoms with Gasteiger partial charge in [-0.1, -0.05) is 33.9 Å². The Morgan fingerprint density at radius 3 is 1.34 bits per heavy atom. The Morgan fingerprint density at radius 2 is 0.900 bits per heavy atom. The molecular formula is C87H125N25O36S2. The third kappa shape index (κ3) is 49.9. The smallest absolute Gasteiger partial charge is 0.426 e. The maximum Gasteiger partial charge on any atom is 0.426 e. The van der Waals surface area contributed by atoms with Gasteiger partial charge < -0.3 is 178 Å². The molecule has 4 rings (SSSR count). The van der Waals surface area contributed by atoms with Crippen LogP contribution in [0.4, 0.5) is 22.1 Å². The number of carbonyl (C=O) groups excluding carboxylic acids is 13. The Kier molecular flexibility index (Phi) is 57.2. The lowest BCUT2D eigenvalue weighted by Crippen LogP contribution is -2.59. The Labute approximate surface area is 859 Å². The molecule has 0 bridgehead atoms. The third-order valence-electron chi connectivity index (χ3n) is 21.1. The number of carboxylic acids is 5. The normalized spacial score (nSPS) is 14.3. The van der Waals surface area contributed by atoms with Crippen LogP contribution in [0.15, 0.2) is 87.6 Å². The second-order valence-electron chi connectivity index (χ2n) is 33.0. The monoisotopic (exact) mass is 2160 g/mol. The predicted molar refractivity (Wildman–Crippen MR) is 527 cm³/mol. The second kappa shape index (κ2) is 67.6. The predicted octanol–water partition coefficient (Wildman–Crippen LogP) is -10.1. The number of carbonyl (C=O) groups is 18. The maximum absolute atomic E-state index is 14.9. The number of aromatic nitrogens is 4. The molecule has 0 saturated carbocycles. The number of carboxylic acid groups (broad SMARTS) is 5. The van der Waals surface area contributed by atoms with Crippen LogP contribution in [0.3, 0.4) is 0 Å². The summed E-state index contributed by atoms with van der Waals surface area (Å²) in [6.45, 7) is -1.37. The summed E-state index contributed by atoms with van der Waals surface area (Å²) in [6.07, 6.45) is -24.8. The molecule has 0 radical (unpaired) electrons. The number of aliphatic carboxylic acids is 5. The van der Waals surface area contributed by atoms with Crippen LogP contribution in [0.25, 0.3) is 11.2 Å². The topological polar surface area (TPSA) is 1020 Å². The Hall–Kier alpha value is -15.3. The third-order valence-corrected chi connectivity index (χ3v) is 23.5. The van der Waals surface area contributed by atoms with Gasteiger partial charge in [-0.25, -0.2) is 39.6 Å². The number of ether oxygens (including phenoxy) is 1. The quantitative estimate of drug-likeness (QED) is 0.00487. The number of hydrogen-bond donors (Lipinski definition) is 36. The van der Waals surface area contributed by atoms with E-state index in [-0.39, 0.29) is 89.7 Å². The molecule has 0 unspecified atom stereocenters. The number of benzene rings is 2. The minimum absolute atomic E-state index is 0.00375. The van der Waals surface area contributed by atoms with Crippen molar-refractivity contribution in [1.82, 2.24) is 89.3 Å². The number of rotatable bonds is 72. The van der Waals surface area contributed by atoms with Gasteiger partial charge in [-0.05, 0) is 106 Å². The number of aliphatic hydroxyl groups is 11. The molecule has 826 valence electrons. The van der Waals surface area contributed by atoms with Gasteiger partial charge in [0.25, 0.3) is 17.4 Å². The van der Waals surface area contributed by atoms with Crippen molar-refractivity contribution in [3.05, 3.63) is 100 Å². The molecule has 0 fully saturated rings. The fourth-order valence-electron chi connectivity index (χ4n) is 12.8. The van der Waals surface area contributed by atoms with E-state index in [1.54, 1.807) is 0 Å². The first-order valence-corrected chi connectivity index (χ1v) is 48.4. The van der Waals surface area contributed by atoms with Crippen molar-refractivity contribution in [1.29, 1.82) is 5.41 Å². The van der Waals surface area contributed by atoms with E-state index in [1.807, 2.05) is 10.9 Å². The molecule has 0 aliphatic carbocycles. The van der Waals surface area contributed by atoms with Gasteiger partial charge in [0.15, 0.2) is 22.9 Å². The number of aromatic amines is 1. The highest BCUT2D eigenvalue weighted by atomic mass is 33.1. The number of nitrogens with one attached hydrogen (secondary N) is 17. The summed E-state index contributed by atoms with van der Waals surface area (Å²) in [5, 5.41) is 198. The fourth-order valence-corrected chi connectivity index (χ4v) is 14.8. The Morgan fingerprint density at radius 1 is 0.487 bits per heavy atom. The molecule has 2 aromatic carbocycles. The zero-order valence-electron chi connectivity index (χ0n) is 80.3. The van der Waals surface area contributed by atoms with Crippen molar-refractivity contribution in [2.24, 2.45) is 21.5 Å². The average Bonchev–Trinajstić information content (AvgIpc) is 0.807. The van der Waals surface area contributed by atoms with Gasteiger partial charge in [0.1, 0.15) is 73.3 Å². The zero-order chi connectivity index (χ0) is 112. The van der Waals surface area contributed by atoms with Crippen molar-refractivity contribution >= 4 is 175 Å². The van der Waals surface area contributed by atoms with Crippen LogP contribution in [0.1, 0.15) is 142 Å². The number of nitrogen functional groups attached to an aromatic ring is 1. The number of nitrogens with zero attached hydrogens (tertiary/aromatic N) is 5. The van der Waals surface area contributed by atoms with Crippen molar-refractivity contribution in [2.75, 3.05) is 80.5 Å². The van der Waals surface area contributed by atoms with E-state index >= 15 is 0 Å². The van der Waals surface area contributed by atoms with E-state index in [0.717, 1.165) is 27.8 Å². The molecule has 61 nitrogen and oxygen atoms in total. The summed E-state index contributed by atoms with van der Waals surface area (Å²) in [5.41, 5.74) is 22.8. The number of hydrazine groups is 1. The first-order chi connectivity index (χ1) is 71.0. The largest absolute Gasteiger partial charge is 0.481 e. The summed E-state index contributed by atoms with van der Waals surface area (Å²) in [5.74, 6) is -23.8. The first-order valence-electron chi connectivity index (χ1n) is 45.9. The van der Waals surface area contributed by atoms with Gasteiger partial charge in [-0.15, -0.1) is 0 Å². The van der Waals surface area contributed by atoms with Crippen LogP contribution in [-0.2, 0) is 83.2 Å². The van der Waals surface area contributed by atoms with Crippen LogP contribution in [0, 0.1) is 5.41 Å². The highest BCUT2D eigenvalue weighted by Gasteiger charge is 2.37. The van der Waals surface area contributed by atoms with E-state index < -0.39 is 358 Å². The average molecular weight is 2160 g/mol. The molecule has 0 spiro atoms. The summed E-state index contributed by atoms with van der Waals surface area (Å²) in [7, 11) is 1.58. The summed E-state index contributed by atoms with van der Waals surface area (Å²) >= 11 is 0. The van der Waals surface area contributed by atoms with Crippen molar-refractivity contribution in [3.63, 3.8) is 0 Å². The molecule has 63 heteroatoms. The number of guanidine groups is 1. The number of hydrogen-bond acceptors (Lipinski definition) is 42. The van der Waals surface area contributed by atoms with E-state index in [4.69, 9.17) is 27.3 Å². The number of H-pyrrole nitrogens is 1. The van der Waals surface area contributed by atoms with E-state index in [0.29, 0.717) is 11.4 Å². The molecule has 2 heterocycles. The highest BCUT2D eigenvalue weighted by Crippen LogP contribution is 2.23. The lowest BCUT2D eigenvalue weighted by Gasteiger charge is -2.27. The van der Waals surface area contributed by atoms with Crippen molar-refractivity contribution < 1.29 is 173 Å². The van der Waals surface area contributed by atoms with E-state index in [9.17, 15) is 173 Å². The minimum Gasteiger partial charge on any atom is -0.481 e. The van der Waals surface area contributed by atoms with Crippen LogP contribution < -0.4 is 103 Å². The number of nitrogens with two attached hydrogens (primary N) is 3. The molecular weight excluding hydrogens is 2040 g/mol. The molecule has 4 aromatic rings. The molecule has 0 aliphatic heterocycles. The molecule has 150 heavy (non-hydrogen) atoms. The highest BCUT2D eigenvalue weighted by molar-refractivity contribution is 8.76. The molecule has 39 N–H and O–H groups in total. The van der Waals surface area contributed by atoms with Crippen LogP contribution >= 0.6 is 21.6 Å². The van der Waals surface area contributed by atoms with Gasteiger partial charge >= 0.3 is 35.9 Å². The number of fused-ring (bicyclic) bond motifs is 1. The molecule has 0 saturated heterocycles. The van der Waals surface area contributed by atoms with Gasteiger partial charge in [-0.3, -0.25) is 82.3 Å². The molecule has 0 aliphatic rings. The Bertz CT molecular complexity index is 5430. The molecule has 13 amide bonds. The number of aliphatic hydroxyl groups excluding tert-OH is 11. The van der Waals surface area contributed by atoms with Gasteiger partial charge in [0.05, 0.1) is 87.2 Å². The van der Waals surface area contributed by atoms with Gasteiger partial charge in [0, 0.05) is 111 Å². The van der Waals surface area contributed by atoms with Crippen molar-refractivity contribution in [2.45, 2.75) is 219 Å². The van der Waals surface area contributed by atoms with Crippen molar-refractivity contribution in [3.8, 4) is 0 Å².